The van der Waals surface area contributed by atoms with Crippen molar-refractivity contribution in [1.82, 2.24) is 0 Å². The van der Waals surface area contributed by atoms with Crippen molar-refractivity contribution in [3.63, 3.8) is 0 Å². The summed E-state index contributed by atoms with van der Waals surface area (Å²) in [4.78, 5) is 0. The molecule has 176 valence electrons. The van der Waals surface area contributed by atoms with Crippen LogP contribution >= 0.6 is 20.3 Å². The van der Waals surface area contributed by atoms with Gasteiger partial charge in [-0.2, -0.15) is 13.2 Å². The molecule has 2 atom stereocenters. The molecule has 0 fully saturated rings. The summed E-state index contributed by atoms with van der Waals surface area (Å²) >= 11 is 6.00. The highest BCUT2D eigenvalue weighted by molar-refractivity contribution is 7.17. The maximum absolute atomic E-state index is 13.6. The monoisotopic (exact) mass is 492 g/mol. The number of ether oxygens (including phenoxy) is 1. The molecule has 0 aliphatic carbocycles. The minimum atomic E-state index is -4.58. The van der Waals surface area contributed by atoms with Gasteiger partial charge in [-0.25, -0.2) is 0 Å². The van der Waals surface area contributed by atoms with Crippen LogP contribution in [0.4, 0.5) is 13.2 Å². The summed E-state index contributed by atoms with van der Waals surface area (Å²) in [6.07, 6.45) is -3.04. The number of nitrogens with two attached hydrogens (primary N) is 1. The number of rotatable bonds is 12. The number of hydrogen-bond acceptors (Lipinski definition) is 5. The predicted molar refractivity (Wildman–Crippen MR) is 119 cm³/mol. The molecule has 10 heteroatoms. The summed E-state index contributed by atoms with van der Waals surface area (Å²) in [5, 5.41) is 10.1. The van der Waals surface area contributed by atoms with Gasteiger partial charge in [-0.1, -0.05) is 29.8 Å². The molecule has 0 heterocycles. The highest BCUT2D eigenvalue weighted by Crippen LogP contribution is 2.37. The van der Waals surface area contributed by atoms with Gasteiger partial charge in [-0.15, -0.1) is 4.52 Å². The number of aliphatic hydroxyl groups is 1. The molecule has 0 bridgehead atoms. The SMILES string of the molecule is Cc1cc(CCCOc2ccc(CCC(N)(CO)CO[PH+]=O)cc2C(F)(F)F)ccc1Cl. The second kappa shape index (κ2) is 12.0. The zero-order chi connectivity index (χ0) is 23.8. The number of aryl methyl sites for hydroxylation is 3. The van der Waals surface area contributed by atoms with E-state index in [0.29, 0.717) is 23.4 Å². The lowest BCUT2D eigenvalue weighted by Gasteiger charge is -2.24. The van der Waals surface area contributed by atoms with Crippen LogP contribution in [0.15, 0.2) is 36.4 Å². The summed E-state index contributed by atoms with van der Waals surface area (Å²) in [7, 11) is -1.03. The van der Waals surface area contributed by atoms with Crippen molar-refractivity contribution in [3.05, 3.63) is 63.7 Å². The van der Waals surface area contributed by atoms with E-state index in [1.807, 2.05) is 19.1 Å². The quantitative estimate of drug-likeness (QED) is 0.312. The third-order valence-electron chi connectivity index (χ3n) is 5.08. The van der Waals surface area contributed by atoms with E-state index in [2.05, 4.69) is 0 Å². The van der Waals surface area contributed by atoms with E-state index in [1.165, 1.54) is 6.07 Å². The molecule has 0 spiro atoms. The molecule has 0 aliphatic rings. The van der Waals surface area contributed by atoms with E-state index in [0.717, 1.165) is 17.2 Å². The van der Waals surface area contributed by atoms with Gasteiger partial charge in [-0.05, 0) is 72.1 Å². The van der Waals surface area contributed by atoms with E-state index in [9.17, 15) is 22.8 Å². The summed E-state index contributed by atoms with van der Waals surface area (Å²) in [5.74, 6) is -0.231. The van der Waals surface area contributed by atoms with Crippen LogP contribution < -0.4 is 10.5 Å². The second-order valence-corrected chi connectivity index (χ2v) is 8.62. The molecule has 2 aromatic carbocycles. The molecule has 5 nitrogen and oxygen atoms in total. The molecule has 32 heavy (non-hydrogen) atoms. The number of aliphatic hydroxyl groups excluding tert-OH is 1. The van der Waals surface area contributed by atoms with Gasteiger partial charge in [0.2, 0.25) is 0 Å². The van der Waals surface area contributed by atoms with Gasteiger partial charge >= 0.3 is 14.9 Å². The van der Waals surface area contributed by atoms with Crippen LogP contribution in [-0.4, -0.2) is 30.5 Å². The Bertz CT molecular complexity index is 913. The van der Waals surface area contributed by atoms with Gasteiger partial charge in [0.15, 0.2) is 0 Å². The fourth-order valence-electron chi connectivity index (χ4n) is 3.16. The van der Waals surface area contributed by atoms with Crippen LogP contribution in [0.5, 0.6) is 5.75 Å². The van der Waals surface area contributed by atoms with Gasteiger partial charge in [0.1, 0.15) is 12.4 Å². The first-order valence-corrected chi connectivity index (χ1v) is 11.2. The normalized spacial score (nSPS) is 13.8. The molecule has 2 unspecified atom stereocenters. The van der Waals surface area contributed by atoms with E-state index < -0.39 is 32.6 Å². The molecular formula is C22H27ClF3NO4P+. The summed E-state index contributed by atoms with van der Waals surface area (Å²) < 4.78 is 61.4. The zero-order valence-electron chi connectivity index (χ0n) is 17.7. The summed E-state index contributed by atoms with van der Waals surface area (Å²) in [5.41, 5.74) is 6.30. The number of hydrogen-bond donors (Lipinski definition) is 2. The fraction of sp³-hybridized carbons (Fsp3) is 0.455. The fourth-order valence-corrected chi connectivity index (χ4v) is 3.63. The largest absolute Gasteiger partial charge is 0.494 e. The Morgan fingerprint density at radius 1 is 1.12 bits per heavy atom. The Labute approximate surface area is 192 Å². The van der Waals surface area contributed by atoms with Gasteiger partial charge in [0, 0.05) is 5.02 Å². The summed E-state index contributed by atoms with van der Waals surface area (Å²) in [6, 6.07) is 9.51. The Balaban J connectivity index is 2.01. The molecule has 3 N–H and O–H groups in total. The summed E-state index contributed by atoms with van der Waals surface area (Å²) in [6.45, 7) is 1.42. The third kappa shape index (κ3) is 8.01. The van der Waals surface area contributed by atoms with Crippen LogP contribution in [0.3, 0.4) is 0 Å². The Morgan fingerprint density at radius 3 is 2.44 bits per heavy atom. The first-order valence-electron chi connectivity index (χ1n) is 10.0. The molecule has 0 aliphatic heterocycles. The zero-order valence-corrected chi connectivity index (χ0v) is 19.4. The van der Waals surface area contributed by atoms with Crippen LogP contribution in [0.25, 0.3) is 0 Å². The maximum Gasteiger partial charge on any atom is 0.494 e. The number of alkyl halides is 3. The standard InChI is InChI=1S/C22H27ClF3NO4P/c1-15-11-16(4-6-19(15)23)3-2-10-30-20-7-5-17(12-18(20)22(24,25)26)8-9-21(27,13-28)14-31-32-29/h4-7,11-12,28,32H,2-3,8-10,13-14,27H2,1H3/q+1. The van der Waals surface area contributed by atoms with Crippen LogP contribution in [0.2, 0.25) is 5.02 Å². The Hall–Kier alpha value is -1.70. The molecular weight excluding hydrogens is 466 g/mol. The molecule has 0 aromatic heterocycles. The first kappa shape index (κ1) is 26.6. The molecule has 0 amide bonds. The van der Waals surface area contributed by atoms with Crippen LogP contribution in [0, 0.1) is 6.92 Å². The maximum atomic E-state index is 13.6. The van der Waals surface area contributed by atoms with Crippen molar-refractivity contribution < 1.29 is 32.1 Å². The number of halogens is 4. The predicted octanol–water partition coefficient (Wildman–Crippen LogP) is 5.26. The van der Waals surface area contributed by atoms with Crippen molar-refractivity contribution in [2.24, 2.45) is 5.73 Å². The van der Waals surface area contributed by atoms with E-state index >= 15 is 0 Å². The molecule has 0 saturated heterocycles. The van der Waals surface area contributed by atoms with Gasteiger partial charge < -0.3 is 15.6 Å². The average Bonchev–Trinajstić information content (AvgIpc) is 2.76. The van der Waals surface area contributed by atoms with Crippen molar-refractivity contribution in [2.45, 2.75) is 44.3 Å². The van der Waals surface area contributed by atoms with Crippen molar-refractivity contribution >= 4 is 20.3 Å². The van der Waals surface area contributed by atoms with Crippen molar-refractivity contribution in [2.75, 3.05) is 19.8 Å². The smallest absolute Gasteiger partial charge is 0.493 e. The van der Waals surface area contributed by atoms with E-state index in [4.69, 9.17) is 26.6 Å². The van der Waals surface area contributed by atoms with Gasteiger partial charge in [-0.3, -0.25) is 0 Å². The minimum absolute atomic E-state index is 0.133. The Kier molecular flexibility index (Phi) is 9.92. The van der Waals surface area contributed by atoms with E-state index in [1.54, 1.807) is 12.1 Å². The molecule has 0 saturated carbocycles. The van der Waals surface area contributed by atoms with Crippen molar-refractivity contribution in [3.8, 4) is 5.75 Å². The molecule has 2 rings (SSSR count). The lowest BCUT2D eigenvalue weighted by Crippen LogP contribution is -2.47. The third-order valence-corrected chi connectivity index (χ3v) is 5.77. The van der Waals surface area contributed by atoms with E-state index in [-0.39, 0.29) is 31.8 Å². The van der Waals surface area contributed by atoms with Gasteiger partial charge in [0.05, 0.1) is 24.3 Å². The topological polar surface area (TPSA) is 81.8 Å². The molecule has 2 aromatic rings. The minimum Gasteiger partial charge on any atom is -0.493 e. The molecule has 0 radical (unpaired) electrons. The van der Waals surface area contributed by atoms with Crippen molar-refractivity contribution in [1.29, 1.82) is 0 Å². The highest BCUT2D eigenvalue weighted by Gasteiger charge is 2.35. The van der Waals surface area contributed by atoms with Gasteiger partial charge in [0.25, 0.3) is 0 Å². The van der Waals surface area contributed by atoms with Crippen LogP contribution in [-0.2, 0) is 28.1 Å². The first-order chi connectivity index (χ1) is 15.1. The highest BCUT2D eigenvalue weighted by atomic mass is 35.5. The lowest BCUT2D eigenvalue weighted by molar-refractivity contribution is -0.139. The second-order valence-electron chi connectivity index (χ2n) is 7.76. The number of benzene rings is 2. The van der Waals surface area contributed by atoms with Crippen LogP contribution in [0.1, 0.15) is 35.1 Å². The average molecular weight is 493 g/mol. The Morgan fingerprint density at radius 2 is 1.81 bits per heavy atom. The lowest BCUT2D eigenvalue weighted by atomic mass is 9.93.